The van der Waals surface area contributed by atoms with E-state index in [2.05, 4.69) is 10.6 Å². The largest absolute Gasteiger partial charge is 0.480 e. The summed E-state index contributed by atoms with van der Waals surface area (Å²) >= 11 is 0. The van der Waals surface area contributed by atoms with Gasteiger partial charge < -0.3 is 15.7 Å². The van der Waals surface area contributed by atoms with E-state index in [1.165, 1.54) is 0 Å². The van der Waals surface area contributed by atoms with Gasteiger partial charge >= 0.3 is 5.97 Å². The highest BCUT2D eigenvalue weighted by Gasteiger charge is 2.45. The minimum atomic E-state index is -1.06. The molecule has 112 valence electrons. The molecule has 0 aromatic heterocycles. The summed E-state index contributed by atoms with van der Waals surface area (Å²) in [4.78, 5) is 34.6. The highest BCUT2D eigenvalue weighted by Crippen LogP contribution is 2.32. The van der Waals surface area contributed by atoms with Crippen molar-refractivity contribution < 1.29 is 19.5 Å². The van der Waals surface area contributed by atoms with E-state index >= 15 is 0 Å². The van der Waals surface area contributed by atoms with Crippen LogP contribution in [-0.4, -0.2) is 35.0 Å². The van der Waals surface area contributed by atoms with Crippen LogP contribution < -0.4 is 10.6 Å². The average molecular weight is 282 g/mol. The fourth-order valence-electron chi connectivity index (χ4n) is 2.88. The SMILES string of the molecule is O=C(CCNC(=O)C1CCCC1)NC1(C(=O)O)CCC1. The molecule has 2 aliphatic rings. The number of carbonyl (C=O) groups is 3. The van der Waals surface area contributed by atoms with E-state index in [4.69, 9.17) is 5.11 Å². The van der Waals surface area contributed by atoms with Crippen LogP contribution in [0.3, 0.4) is 0 Å². The molecular formula is C14H22N2O4. The van der Waals surface area contributed by atoms with E-state index in [0.29, 0.717) is 12.8 Å². The Morgan fingerprint density at radius 1 is 1.10 bits per heavy atom. The second-order valence-corrected chi connectivity index (χ2v) is 5.81. The lowest BCUT2D eigenvalue weighted by molar-refractivity contribution is -0.151. The summed E-state index contributed by atoms with van der Waals surface area (Å²) in [6, 6.07) is 0. The third-order valence-corrected chi connectivity index (χ3v) is 4.37. The number of carbonyl (C=O) groups excluding carboxylic acids is 2. The summed E-state index contributed by atoms with van der Waals surface area (Å²) in [6.07, 6.45) is 5.99. The van der Waals surface area contributed by atoms with E-state index in [1.54, 1.807) is 0 Å². The number of amides is 2. The van der Waals surface area contributed by atoms with Gasteiger partial charge in [-0.3, -0.25) is 9.59 Å². The topological polar surface area (TPSA) is 95.5 Å². The van der Waals surface area contributed by atoms with Crippen molar-refractivity contribution in [3.63, 3.8) is 0 Å². The second kappa shape index (κ2) is 6.24. The number of rotatable bonds is 6. The smallest absolute Gasteiger partial charge is 0.329 e. The number of carboxylic acid groups (broad SMARTS) is 1. The van der Waals surface area contributed by atoms with Gasteiger partial charge in [-0.25, -0.2) is 4.79 Å². The van der Waals surface area contributed by atoms with E-state index in [1.807, 2.05) is 0 Å². The molecule has 0 aromatic carbocycles. The Bertz CT molecular complexity index is 398. The number of carboxylic acids is 1. The van der Waals surface area contributed by atoms with Crippen molar-refractivity contribution >= 4 is 17.8 Å². The van der Waals surface area contributed by atoms with Gasteiger partial charge in [0.2, 0.25) is 11.8 Å². The summed E-state index contributed by atoms with van der Waals surface area (Å²) in [5.74, 6) is -1.16. The van der Waals surface area contributed by atoms with E-state index in [0.717, 1.165) is 32.1 Å². The van der Waals surface area contributed by atoms with E-state index in [9.17, 15) is 14.4 Å². The second-order valence-electron chi connectivity index (χ2n) is 5.81. The zero-order valence-electron chi connectivity index (χ0n) is 11.6. The Labute approximate surface area is 118 Å². The maximum atomic E-state index is 11.8. The molecule has 0 spiro atoms. The van der Waals surface area contributed by atoms with Crippen LogP contribution in [0.4, 0.5) is 0 Å². The molecule has 0 bridgehead atoms. The lowest BCUT2D eigenvalue weighted by Gasteiger charge is -2.38. The fraction of sp³-hybridized carbons (Fsp3) is 0.786. The molecule has 0 saturated heterocycles. The summed E-state index contributed by atoms with van der Waals surface area (Å²) in [7, 11) is 0. The van der Waals surface area contributed by atoms with Crippen molar-refractivity contribution in [2.45, 2.75) is 56.9 Å². The lowest BCUT2D eigenvalue weighted by Crippen LogP contribution is -2.59. The predicted octanol–water partition coefficient (Wildman–Crippen LogP) is 0.806. The summed E-state index contributed by atoms with van der Waals surface area (Å²) < 4.78 is 0. The predicted molar refractivity (Wildman–Crippen MR) is 71.9 cm³/mol. The van der Waals surface area contributed by atoms with Crippen molar-refractivity contribution in [3.05, 3.63) is 0 Å². The van der Waals surface area contributed by atoms with Crippen LogP contribution >= 0.6 is 0 Å². The van der Waals surface area contributed by atoms with Crippen LogP contribution in [0.2, 0.25) is 0 Å². The van der Waals surface area contributed by atoms with Crippen molar-refractivity contribution in [1.29, 1.82) is 0 Å². The molecule has 6 nitrogen and oxygen atoms in total. The summed E-state index contributed by atoms with van der Waals surface area (Å²) in [6.45, 7) is 0.275. The monoisotopic (exact) mass is 282 g/mol. The molecule has 3 N–H and O–H groups in total. The lowest BCUT2D eigenvalue weighted by atomic mass is 9.76. The summed E-state index contributed by atoms with van der Waals surface area (Å²) in [5.41, 5.74) is -1.06. The van der Waals surface area contributed by atoms with Crippen molar-refractivity contribution in [3.8, 4) is 0 Å². The standard InChI is InChI=1S/C14H22N2O4/c17-11(16-14(13(19)20)7-3-8-14)6-9-15-12(18)10-4-1-2-5-10/h10H,1-9H2,(H,15,18)(H,16,17)(H,19,20). The van der Waals surface area contributed by atoms with Crippen LogP contribution in [0.1, 0.15) is 51.4 Å². The molecule has 2 fully saturated rings. The van der Waals surface area contributed by atoms with Gasteiger partial charge in [0, 0.05) is 18.9 Å². The maximum Gasteiger partial charge on any atom is 0.329 e. The Morgan fingerprint density at radius 3 is 2.25 bits per heavy atom. The van der Waals surface area contributed by atoms with Crippen LogP contribution in [0, 0.1) is 5.92 Å². The highest BCUT2D eigenvalue weighted by molar-refractivity contribution is 5.88. The van der Waals surface area contributed by atoms with Crippen molar-refractivity contribution in [2.75, 3.05) is 6.54 Å². The highest BCUT2D eigenvalue weighted by atomic mass is 16.4. The Hall–Kier alpha value is -1.59. The number of hydrogen-bond donors (Lipinski definition) is 3. The first-order chi connectivity index (χ1) is 9.53. The van der Waals surface area contributed by atoms with Gasteiger partial charge in [-0.2, -0.15) is 0 Å². The molecule has 2 amide bonds. The molecular weight excluding hydrogens is 260 g/mol. The zero-order chi connectivity index (χ0) is 14.6. The Morgan fingerprint density at radius 2 is 1.75 bits per heavy atom. The van der Waals surface area contributed by atoms with Crippen molar-refractivity contribution in [1.82, 2.24) is 10.6 Å². The van der Waals surface area contributed by atoms with Gasteiger partial charge in [0.05, 0.1) is 0 Å². The summed E-state index contributed by atoms with van der Waals surface area (Å²) in [5, 5.41) is 14.4. The molecule has 2 rings (SSSR count). The zero-order valence-corrected chi connectivity index (χ0v) is 11.6. The molecule has 0 aromatic rings. The molecule has 0 unspecified atom stereocenters. The van der Waals surface area contributed by atoms with E-state index < -0.39 is 11.5 Å². The average Bonchev–Trinajstić information content (AvgIpc) is 2.87. The van der Waals surface area contributed by atoms with Gasteiger partial charge in [0.25, 0.3) is 0 Å². The van der Waals surface area contributed by atoms with Crippen molar-refractivity contribution in [2.24, 2.45) is 5.92 Å². The van der Waals surface area contributed by atoms with Crippen LogP contribution in [-0.2, 0) is 14.4 Å². The minimum absolute atomic E-state index is 0.0203. The minimum Gasteiger partial charge on any atom is -0.480 e. The quantitative estimate of drug-likeness (QED) is 0.671. The molecule has 6 heteroatoms. The number of nitrogens with one attached hydrogen (secondary N) is 2. The molecule has 0 atom stereocenters. The molecule has 0 aliphatic heterocycles. The molecule has 0 heterocycles. The molecule has 20 heavy (non-hydrogen) atoms. The van der Waals surface area contributed by atoms with Crippen LogP contribution in [0.5, 0.6) is 0 Å². The van der Waals surface area contributed by atoms with E-state index in [-0.39, 0.29) is 30.7 Å². The van der Waals surface area contributed by atoms with Gasteiger partial charge in [-0.05, 0) is 32.1 Å². The third-order valence-electron chi connectivity index (χ3n) is 4.37. The first kappa shape index (κ1) is 14.8. The fourth-order valence-corrected chi connectivity index (χ4v) is 2.88. The van der Waals surface area contributed by atoms with Gasteiger partial charge in [0.15, 0.2) is 0 Å². The van der Waals surface area contributed by atoms with Gasteiger partial charge in [0.1, 0.15) is 5.54 Å². The molecule has 2 aliphatic carbocycles. The molecule has 2 saturated carbocycles. The van der Waals surface area contributed by atoms with Gasteiger partial charge in [-0.1, -0.05) is 12.8 Å². The normalized spacial score (nSPS) is 21.0. The first-order valence-electron chi connectivity index (χ1n) is 7.36. The van der Waals surface area contributed by atoms with Crippen LogP contribution in [0.25, 0.3) is 0 Å². The Balaban J connectivity index is 1.67. The third kappa shape index (κ3) is 3.29. The Kier molecular flexibility index (Phi) is 4.62. The first-order valence-corrected chi connectivity index (χ1v) is 7.36. The molecule has 0 radical (unpaired) electrons. The van der Waals surface area contributed by atoms with Crippen LogP contribution in [0.15, 0.2) is 0 Å². The number of hydrogen-bond acceptors (Lipinski definition) is 3. The van der Waals surface area contributed by atoms with Gasteiger partial charge in [-0.15, -0.1) is 0 Å². The maximum absolute atomic E-state index is 11.8. The number of aliphatic carboxylic acids is 1.